The van der Waals surface area contributed by atoms with Crippen molar-refractivity contribution >= 4 is 5.97 Å². The zero-order valence-electron chi connectivity index (χ0n) is 7.82. The molecule has 72 valence electrons. The predicted octanol–water partition coefficient (Wildman–Crippen LogP) is 0.760. The first kappa shape index (κ1) is 9.70. The molecule has 0 aliphatic carbocycles. The highest BCUT2D eigenvalue weighted by Crippen LogP contribution is 2.02. The maximum atomic E-state index is 10.3. The zero-order valence-corrected chi connectivity index (χ0v) is 7.82. The van der Waals surface area contributed by atoms with Crippen LogP contribution in [-0.2, 0) is 11.3 Å². The van der Waals surface area contributed by atoms with Crippen molar-refractivity contribution in [1.29, 1.82) is 0 Å². The van der Waals surface area contributed by atoms with Gasteiger partial charge < -0.3 is 9.67 Å². The minimum Gasteiger partial charge on any atom is -0.481 e. The fraction of sp³-hybridized carbons (Fsp3) is 0.625. The van der Waals surface area contributed by atoms with Gasteiger partial charge in [0.25, 0.3) is 0 Å². The van der Waals surface area contributed by atoms with E-state index in [1.807, 2.05) is 18.4 Å². The molecule has 0 aliphatic rings. The third-order valence-electron chi connectivity index (χ3n) is 1.89. The fourth-order valence-electron chi connectivity index (χ4n) is 1.20. The van der Waals surface area contributed by atoms with Crippen molar-refractivity contribution in [2.75, 3.05) is 0 Å². The lowest BCUT2D eigenvalue weighted by Crippen LogP contribution is -2.05. The average Bonchev–Trinajstić information content (AvgIpc) is 2.34. The van der Waals surface area contributed by atoms with Gasteiger partial charge in [-0.2, -0.15) is 0 Å². The number of aryl methyl sites for hydroxylation is 2. The lowest BCUT2D eigenvalue weighted by atomic mass is 10.3. The molecule has 1 aromatic rings. The number of carboxylic acids is 1. The highest BCUT2D eigenvalue weighted by Gasteiger charge is 2.04. The quantitative estimate of drug-likeness (QED) is 0.748. The van der Waals surface area contributed by atoms with Crippen molar-refractivity contribution < 1.29 is 9.90 Å². The standard InChI is InChI=1S/C8H13N3O2/c1-6-9-10-7(2)11(6)5-3-4-8(12)13/h3-5H2,1-2H3,(H,12,13). The molecule has 0 aromatic carbocycles. The summed E-state index contributed by atoms with van der Waals surface area (Å²) in [5.74, 6) is 0.911. The van der Waals surface area contributed by atoms with Crippen LogP contribution in [0.1, 0.15) is 24.5 Å². The molecule has 1 rings (SSSR count). The van der Waals surface area contributed by atoms with Crippen LogP contribution in [0.5, 0.6) is 0 Å². The van der Waals surface area contributed by atoms with Gasteiger partial charge in [0, 0.05) is 13.0 Å². The minimum absolute atomic E-state index is 0.192. The van der Waals surface area contributed by atoms with Gasteiger partial charge in [-0.3, -0.25) is 4.79 Å². The first-order valence-corrected chi connectivity index (χ1v) is 4.19. The predicted molar refractivity (Wildman–Crippen MR) is 46.4 cm³/mol. The SMILES string of the molecule is Cc1nnc(C)n1CCCC(=O)O. The molecule has 13 heavy (non-hydrogen) atoms. The lowest BCUT2D eigenvalue weighted by molar-refractivity contribution is -0.137. The number of carbonyl (C=O) groups is 1. The molecule has 1 aromatic heterocycles. The molecule has 0 fully saturated rings. The molecule has 0 bridgehead atoms. The van der Waals surface area contributed by atoms with Crippen molar-refractivity contribution in [1.82, 2.24) is 14.8 Å². The molecule has 0 saturated carbocycles. The van der Waals surface area contributed by atoms with Crippen LogP contribution in [0.15, 0.2) is 0 Å². The zero-order chi connectivity index (χ0) is 9.84. The van der Waals surface area contributed by atoms with E-state index in [2.05, 4.69) is 10.2 Å². The first-order valence-electron chi connectivity index (χ1n) is 4.19. The van der Waals surface area contributed by atoms with E-state index < -0.39 is 5.97 Å². The van der Waals surface area contributed by atoms with Gasteiger partial charge in [0.05, 0.1) is 0 Å². The largest absolute Gasteiger partial charge is 0.481 e. The van der Waals surface area contributed by atoms with Gasteiger partial charge in [-0.1, -0.05) is 0 Å². The molecule has 0 radical (unpaired) electrons. The van der Waals surface area contributed by atoms with E-state index in [0.29, 0.717) is 13.0 Å². The van der Waals surface area contributed by atoms with Gasteiger partial charge in [0.15, 0.2) is 0 Å². The Morgan fingerprint density at radius 3 is 2.38 bits per heavy atom. The molecule has 0 saturated heterocycles. The van der Waals surface area contributed by atoms with E-state index in [4.69, 9.17) is 5.11 Å². The smallest absolute Gasteiger partial charge is 0.303 e. The molecule has 5 nitrogen and oxygen atoms in total. The summed E-state index contributed by atoms with van der Waals surface area (Å²) in [6.45, 7) is 4.40. The van der Waals surface area contributed by atoms with E-state index in [1.165, 1.54) is 0 Å². The Hall–Kier alpha value is -1.39. The van der Waals surface area contributed by atoms with Gasteiger partial charge in [0.2, 0.25) is 0 Å². The Bertz CT molecular complexity index is 287. The molecule has 0 atom stereocenters. The van der Waals surface area contributed by atoms with E-state index >= 15 is 0 Å². The molecule has 1 heterocycles. The summed E-state index contributed by atoms with van der Waals surface area (Å²) in [7, 11) is 0. The van der Waals surface area contributed by atoms with E-state index in [0.717, 1.165) is 11.6 Å². The number of nitrogens with zero attached hydrogens (tertiary/aromatic N) is 3. The van der Waals surface area contributed by atoms with Gasteiger partial charge in [-0.15, -0.1) is 10.2 Å². The molecule has 5 heteroatoms. The Balaban J connectivity index is 2.49. The Morgan fingerprint density at radius 2 is 1.92 bits per heavy atom. The molecule has 0 amide bonds. The number of carboxylic acid groups (broad SMARTS) is 1. The molecule has 0 spiro atoms. The van der Waals surface area contributed by atoms with Crippen LogP contribution in [-0.4, -0.2) is 25.8 Å². The highest BCUT2D eigenvalue weighted by molar-refractivity contribution is 5.66. The summed E-state index contributed by atoms with van der Waals surface area (Å²) in [5, 5.41) is 16.2. The maximum absolute atomic E-state index is 10.3. The summed E-state index contributed by atoms with van der Waals surface area (Å²) in [5.41, 5.74) is 0. The van der Waals surface area contributed by atoms with Crippen molar-refractivity contribution in [3.63, 3.8) is 0 Å². The van der Waals surface area contributed by atoms with Crippen LogP contribution in [0.3, 0.4) is 0 Å². The van der Waals surface area contributed by atoms with E-state index in [9.17, 15) is 4.79 Å². The normalized spacial score (nSPS) is 10.3. The minimum atomic E-state index is -0.761. The Morgan fingerprint density at radius 1 is 1.38 bits per heavy atom. The summed E-state index contributed by atoms with van der Waals surface area (Å²) < 4.78 is 1.92. The van der Waals surface area contributed by atoms with Crippen LogP contribution < -0.4 is 0 Å². The van der Waals surface area contributed by atoms with Gasteiger partial charge in [0.1, 0.15) is 11.6 Å². The maximum Gasteiger partial charge on any atom is 0.303 e. The van der Waals surface area contributed by atoms with Gasteiger partial charge in [-0.05, 0) is 20.3 Å². The summed E-state index contributed by atoms with van der Waals surface area (Å²) in [4.78, 5) is 10.3. The molecule has 0 unspecified atom stereocenters. The summed E-state index contributed by atoms with van der Waals surface area (Å²) in [6.07, 6.45) is 0.812. The number of aromatic nitrogens is 3. The van der Waals surface area contributed by atoms with Crippen molar-refractivity contribution in [2.24, 2.45) is 0 Å². The van der Waals surface area contributed by atoms with E-state index in [1.54, 1.807) is 0 Å². The highest BCUT2D eigenvalue weighted by atomic mass is 16.4. The van der Waals surface area contributed by atoms with Crippen LogP contribution in [0, 0.1) is 13.8 Å². The van der Waals surface area contributed by atoms with Crippen molar-refractivity contribution in [2.45, 2.75) is 33.2 Å². The van der Waals surface area contributed by atoms with Crippen LogP contribution in [0.4, 0.5) is 0 Å². The van der Waals surface area contributed by atoms with Crippen LogP contribution >= 0.6 is 0 Å². The third-order valence-corrected chi connectivity index (χ3v) is 1.89. The number of hydrogen-bond acceptors (Lipinski definition) is 3. The Kier molecular flexibility index (Phi) is 3.00. The lowest BCUT2D eigenvalue weighted by Gasteiger charge is -2.03. The second-order valence-corrected chi connectivity index (χ2v) is 2.94. The number of hydrogen-bond donors (Lipinski definition) is 1. The molecule has 1 N–H and O–H groups in total. The topological polar surface area (TPSA) is 68.0 Å². The Labute approximate surface area is 76.4 Å². The third kappa shape index (κ3) is 2.54. The van der Waals surface area contributed by atoms with Crippen LogP contribution in [0.2, 0.25) is 0 Å². The number of rotatable bonds is 4. The fourth-order valence-corrected chi connectivity index (χ4v) is 1.20. The second kappa shape index (κ2) is 4.02. The average molecular weight is 183 g/mol. The van der Waals surface area contributed by atoms with Gasteiger partial charge in [-0.25, -0.2) is 0 Å². The first-order chi connectivity index (χ1) is 6.11. The summed E-state index contributed by atoms with van der Waals surface area (Å²) >= 11 is 0. The van der Waals surface area contributed by atoms with Crippen molar-refractivity contribution in [3.8, 4) is 0 Å². The van der Waals surface area contributed by atoms with Crippen molar-refractivity contribution in [3.05, 3.63) is 11.6 Å². The molecular formula is C8H13N3O2. The van der Waals surface area contributed by atoms with E-state index in [-0.39, 0.29) is 6.42 Å². The summed E-state index contributed by atoms with van der Waals surface area (Å²) in [6, 6.07) is 0. The molecular weight excluding hydrogens is 170 g/mol. The monoisotopic (exact) mass is 183 g/mol. The molecule has 0 aliphatic heterocycles. The van der Waals surface area contributed by atoms with Gasteiger partial charge >= 0.3 is 5.97 Å². The number of aliphatic carboxylic acids is 1. The van der Waals surface area contributed by atoms with Crippen LogP contribution in [0.25, 0.3) is 0 Å². The second-order valence-electron chi connectivity index (χ2n) is 2.94.